The number of methoxy groups -OCH3 is 1. The number of halogens is 2. The van der Waals surface area contributed by atoms with E-state index in [0.717, 1.165) is 23.6 Å². The summed E-state index contributed by atoms with van der Waals surface area (Å²) in [6, 6.07) is 10.0. The van der Waals surface area contributed by atoms with E-state index in [-0.39, 0.29) is 17.2 Å². The molecule has 6 nitrogen and oxygen atoms in total. The summed E-state index contributed by atoms with van der Waals surface area (Å²) in [6.07, 6.45) is 1.55. The Bertz CT molecular complexity index is 963. The molecule has 3 rings (SSSR count). The lowest BCUT2D eigenvalue weighted by Crippen LogP contribution is -2.28. The van der Waals surface area contributed by atoms with Crippen LogP contribution in [0.4, 0.5) is 8.78 Å². The van der Waals surface area contributed by atoms with Crippen molar-refractivity contribution >= 4 is 17.7 Å². The van der Waals surface area contributed by atoms with Gasteiger partial charge in [0.1, 0.15) is 23.7 Å². The summed E-state index contributed by atoms with van der Waals surface area (Å²) < 4.78 is 33.7. The first-order chi connectivity index (χ1) is 13.5. The molecule has 2 aromatic carbocycles. The molecule has 1 atom stereocenters. The normalized spacial score (nSPS) is 11.9. The van der Waals surface area contributed by atoms with E-state index >= 15 is 0 Å². The first-order valence-corrected chi connectivity index (χ1v) is 9.38. The Morgan fingerprint density at radius 2 is 2.00 bits per heavy atom. The molecule has 0 bridgehead atoms. The summed E-state index contributed by atoms with van der Waals surface area (Å²) >= 11 is 1.20. The molecule has 1 N–H and O–H groups in total. The van der Waals surface area contributed by atoms with Gasteiger partial charge in [-0.3, -0.25) is 9.36 Å². The Labute approximate surface area is 164 Å². The largest absolute Gasteiger partial charge is 0.497 e. The van der Waals surface area contributed by atoms with Crippen molar-refractivity contribution in [1.82, 2.24) is 20.1 Å². The average Bonchev–Trinajstić information content (AvgIpc) is 3.15. The quantitative estimate of drug-likeness (QED) is 0.610. The van der Waals surface area contributed by atoms with Crippen LogP contribution in [0.5, 0.6) is 5.75 Å². The van der Waals surface area contributed by atoms with Gasteiger partial charge in [0.25, 0.3) is 0 Å². The fourth-order valence-corrected chi connectivity index (χ4v) is 3.33. The van der Waals surface area contributed by atoms with Gasteiger partial charge in [-0.25, -0.2) is 8.78 Å². The molecule has 1 amide bonds. The van der Waals surface area contributed by atoms with Gasteiger partial charge in [0.05, 0.1) is 18.9 Å². The predicted octanol–water partition coefficient (Wildman–Crippen LogP) is 3.52. The Morgan fingerprint density at radius 3 is 2.68 bits per heavy atom. The number of amides is 1. The molecule has 0 spiro atoms. The zero-order valence-corrected chi connectivity index (χ0v) is 16.0. The van der Waals surface area contributed by atoms with Crippen molar-refractivity contribution in [1.29, 1.82) is 0 Å². The highest BCUT2D eigenvalue weighted by atomic mass is 32.2. The number of nitrogens with one attached hydrogen (secondary N) is 1. The number of carbonyl (C=O) groups is 1. The minimum absolute atomic E-state index is 0.0714. The highest BCUT2D eigenvalue weighted by molar-refractivity contribution is 7.99. The number of carbonyl (C=O) groups excluding carboxylic acids is 1. The van der Waals surface area contributed by atoms with Crippen molar-refractivity contribution in [3.05, 3.63) is 66.0 Å². The highest BCUT2D eigenvalue weighted by Gasteiger charge is 2.16. The summed E-state index contributed by atoms with van der Waals surface area (Å²) in [5, 5.41) is 11.2. The molecule has 0 radical (unpaired) electrons. The summed E-state index contributed by atoms with van der Waals surface area (Å²) in [4.78, 5) is 12.2. The predicted molar refractivity (Wildman–Crippen MR) is 102 cm³/mol. The molecule has 0 aliphatic heterocycles. The van der Waals surface area contributed by atoms with E-state index in [0.29, 0.717) is 5.16 Å². The molecular weight excluding hydrogens is 386 g/mol. The Balaban J connectivity index is 1.61. The molecule has 28 heavy (non-hydrogen) atoms. The molecule has 1 unspecified atom stereocenters. The van der Waals surface area contributed by atoms with E-state index in [9.17, 15) is 13.6 Å². The lowest BCUT2D eigenvalue weighted by atomic mass is 10.1. The lowest BCUT2D eigenvalue weighted by molar-refractivity contribution is -0.119. The highest BCUT2D eigenvalue weighted by Crippen LogP contribution is 2.22. The number of benzene rings is 2. The van der Waals surface area contributed by atoms with Crippen molar-refractivity contribution in [2.24, 2.45) is 0 Å². The van der Waals surface area contributed by atoms with E-state index in [1.807, 2.05) is 24.3 Å². The van der Waals surface area contributed by atoms with Crippen LogP contribution >= 0.6 is 11.8 Å². The molecule has 3 aromatic rings. The van der Waals surface area contributed by atoms with Gasteiger partial charge in [0.15, 0.2) is 5.16 Å². The fourth-order valence-electron chi connectivity index (χ4n) is 2.59. The van der Waals surface area contributed by atoms with Crippen LogP contribution in [0.15, 0.2) is 53.9 Å². The first kappa shape index (κ1) is 19.8. The van der Waals surface area contributed by atoms with Crippen molar-refractivity contribution in [2.45, 2.75) is 18.1 Å². The molecular formula is C19H18F2N4O2S. The number of aromatic nitrogens is 3. The van der Waals surface area contributed by atoms with Gasteiger partial charge in [0.2, 0.25) is 5.91 Å². The van der Waals surface area contributed by atoms with Crippen LogP contribution in [0.2, 0.25) is 0 Å². The molecule has 1 aromatic heterocycles. The standard InChI is InChI=1S/C19H18F2N4O2S/c1-12(16-8-3-13(20)9-17(16)21)23-18(26)10-28-19-24-22-11-25(19)14-4-6-15(27-2)7-5-14/h3-9,11-12H,10H2,1-2H3,(H,23,26). The monoisotopic (exact) mass is 404 g/mol. The number of hydrogen-bond acceptors (Lipinski definition) is 5. The Morgan fingerprint density at radius 1 is 1.25 bits per heavy atom. The number of thioether (sulfide) groups is 1. The van der Waals surface area contributed by atoms with Crippen molar-refractivity contribution < 1.29 is 18.3 Å². The molecule has 146 valence electrons. The number of nitrogens with zero attached hydrogens (tertiary/aromatic N) is 3. The molecule has 0 saturated heterocycles. The SMILES string of the molecule is COc1ccc(-n2cnnc2SCC(=O)NC(C)c2ccc(F)cc2F)cc1. The maximum Gasteiger partial charge on any atom is 0.230 e. The number of hydrogen-bond donors (Lipinski definition) is 1. The van der Waals surface area contributed by atoms with Gasteiger partial charge >= 0.3 is 0 Å². The van der Waals surface area contributed by atoms with Crippen LogP contribution in [0.1, 0.15) is 18.5 Å². The molecule has 0 aliphatic rings. The number of ether oxygens (including phenoxy) is 1. The second-order valence-corrected chi connectivity index (χ2v) is 6.87. The molecule has 9 heteroatoms. The van der Waals surface area contributed by atoms with Crippen LogP contribution in [-0.4, -0.2) is 33.5 Å². The number of rotatable bonds is 7. The van der Waals surface area contributed by atoms with Gasteiger partial charge in [-0.05, 0) is 37.3 Å². The zero-order chi connectivity index (χ0) is 20.1. The minimum Gasteiger partial charge on any atom is -0.497 e. The second-order valence-electron chi connectivity index (χ2n) is 5.93. The molecule has 1 heterocycles. The minimum atomic E-state index is -0.695. The van der Waals surface area contributed by atoms with Crippen molar-refractivity contribution in [3.63, 3.8) is 0 Å². The molecule has 0 aliphatic carbocycles. The second kappa shape index (κ2) is 8.83. The van der Waals surface area contributed by atoms with E-state index in [2.05, 4.69) is 15.5 Å². The van der Waals surface area contributed by atoms with E-state index < -0.39 is 17.7 Å². The van der Waals surface area contributed by atoms with Gasteiger partial charge < -0.3 is 10.1 Å². The maximum atomic E-state index is 13.8. The van der Waals surface area contributed by atoms with Gasteiger partial charge in [-0.1, -0.05) is 17.8 Å². The van der Waals surface area contributed by atoms with Gasteiger partial charge in [0, 0.05) is 17.3 Å². The van der Waals surface area contributed by atoms with Gasteiger partial charge in [-0.2, -0.15) is 0 Å². The third kappa shape index (κ3) is 4.66. The summed E-state index contributed by atoms with van der Waals surface area (Å²) in [6.45, 7) is 1.64. The Kier molecular flexibility index (Phi) is 6.25. The van der Waals surface area contributed by atoms with Crippen LogP contribution in [0, 0.1) is 11.6 Å². The van der Waals surface area contributed by atoms with Crippen LogP contribution < -0.4 is 10.1 Å². The lowest BCUT2D eigenvalue weighted by Gasteiger charge is -2.15. The van der Waals surface area contributed by atoms with Gasteiger partial charge in [-0.15, -0.1) is 10.2 Å². The summed E-state index contributed by atoms with van der Waals surface area (Å²) in [5.41, 5.74) is 1.05. The Hall–Kier alpha value is -2.94. The topological polar surface area (TPSA) is 69.0 Å². The zero-order valence-electron chi connectivity index (χ0n) is 15.2. The fraction of sp³-hybridized carbons (Fsp3) is 0.211. The van der Waals surface area contributed by atoms with Crippen molar-refractivity contribution in [2.75, 3.05) is 12.9 Å². The summed E-state index contributed by atoms with van der Waals surface area (Å²) in [7, 11) is 1.59. The van der Waals surface area contributed by atoms with Crippen molar-refractivity contribution in [3.8, 4) is 11.4 Å². The smallest absolute Gasteiger partial charge is 0.230 e. The molecule has 0 fully saturated rings. The molecule has 0 saturated carbocycles. The first-order valence-electron chi connectivity index (χ1n) is 8.39. The van der Waals surface area contributed by atoms with Crippen LogP contribution in [0.25, 0.3) is 5.69 Å². The van der Waals surface area contributed by atoms with Crippen LogP contribution in [-0.2, 0) is 4.79 Å². The van der Waals surface area contributed by atoms with E-state index in [4.69, 9.17) is 4.74 Å². The summed E-state index contributed by atoms with van der Waals surface area (Å²) in [5.74, 6) is -0.854. The third-order valence-electron chi connectivity index (χ3n) is 4.01. The maximum absolute atomic E-state index is 13.8. The average molecular weight is 404 g/mol. The third-order valence-corrected chi connectivity index (χ3v) is 4.95. The van der Waals surface area contributed by atoms with Crippen LogP contribution in [0.3, 0.4) is 0 Å². The van der Waals surface area contributed by atoms with E-state index in [1.54, 1.807) is 24.9 Å². The van der Waals surface area contributed by atoms with E-state index in [1.165, 1.54) is 17.8 Å².